The topological polar surface area (TPSA) is 83.6 Å². The Morgan fingerprint density at radius 3 is 2.30 bits per heavy atom. The number of likely N-dealkylation sites (tertiary alicyclic amines) is 1. The second kappa shape index (κ2) is 2.17. The molecule has 1 atom stereocenters. The van der Waals surface area contributed by atoms with Crippen molar-refractivity contribution in [3.05, 3.63) is 0 Å². The van der Waals surface area contributed by atoms with Crippen molar-refractivity contribution in [2.24, 2.45) is 5.73 Å². The Labute approximate surface area is 57.4 Å². The number of hydrogen-bond acceptors (Lipinski definition) is 2. The van der Waals surface area contributed by atoms with Crippen LogP contribution >= 0.6 is 0 Å². The first-order chi connectivity index (χ1) is 4.63. The molecular weight excluding hydrogens is 136 g/mol. The fourth-order valence-corrected chi connectivity index (χ4v) is 0.908. The van der Waals surface area contributed by atoms with Crippen LogP contribution in [-0.4, -0.2) is 34.6 Å². The zero-order valence-electron chi connectivity index (χ0n) is 5.28. The van der Waals surface area contributed by atoms with E-state index < -0.39 is 18.0 Å². The molecule has 1 aliphatic rings. The van der Waals surface area contributed by atoms with E-state index in [1.165, 1.54) is 0 Å². The number of nitrogens with two attached hydrogens (primary N) is 1. The Hall–Kier alpha value is -1.26. The highest BCUT2D eigenvalue weighted by Crippen LogP contribution is 2.15. The Kier molecular flexibility index (Phi) is 1.48. The van der Waals surface area contributed by atoms with Gasteiger partial charge in [0.2, 0.25) is 0 Å². The highest BCUT2D eigenvalue weighted by molar-refractivity contribution is 5.83. The average Bonchev–Trinajstić information content (AvgIpc) is 1.56. The average molecular weight is 144 g/mol. The van der Waals surface area contributed by atoms with E-state index in [1.54, 1.807) is 0 Å². The molecule has 5 heteroatoms. The minimum absolute atomic E-state index is 0.465. The van der Waals surface area contributed by atoms with Crippen LogP contribution in [0.4, 0.5) is 4.79 Å². The molecule has 0 aromatic rings. The third-order valence-electron chi connectivity index (χ3n) is 1.59. The Morgan fingerprint density at radius 1 is 1.60 bits per heavy atom. The number of carbonyl (C=O) groups is 2. The van der Waals surface area contributed by atoms with Crippen LogP contribution in [-0.2, 0) is 4.79 Å². The van der Waals surface area contributed by atoms with Crippen LogP contribution in [0.15, 0.2) is 0 Å². The number of aliphatic carboxylic acids is 1. The minimum atomic E-state index is -0.981. The number of amides is 2. The number of carboxylic acid groups (broad SMARTS) is 1. The van der Waals surface area contributed by atoms with Crippen LogP contribution in [0.2, 0.25) is 0 Å². The predicted octanol–water partition coefficient (Wildman–Crippen LogP) is -0.776. The molecule has 1 rings (SSSR count). The van der Waals surface area contributed by atoms with Crippen molar-refractivity contribution in [2.75, 3.05) is 6.54 Å². The Balaban J connectivity index is 2.51. The first-order valence-electron chi connectivity index (χ1n) is 2.92. The summed E-state index contributed by atoms with van der Waals surface area (Å²) in [6, 6.07) is -1.34. The van der Waals surface area contributed by atoms with Crippen LogP contribution in [0.1, 0.15) is 6.42 Å². The predicted molar refractivity (Wildman–Crippen MR) is 32.3 cm³/mol. The number of carboxylic acids is 1. The summed E-state index contributed by atoms with van der Waals surface area (Å²) in [4.78, 5) is 21.8. The van der Waals surface area contributed by atoms with Crippen molar-refractivity contribution < 1.29 is 14.7 Å². The van der Waals surface area contributed by atoms with Crippen molar-refractivity contribution in [3.8, 4) is 0 Å². The third kappa shape index (κ3) is 0.896. The molecule has 56 valence electrons. The summed E-state index contributed by atoms with van der Waals surface area (Å²) >= 11 is 0. The first kappa shape index (κ1) is 6.85. The fraction of sp³-hybridized carbons (Fsp3) is 0.600. The van der Waals surface area contributed by atoms with Crippen LogP contribution in [0, 0.1) is 0 Å². The fourth-order valence-electron chi connectivity index (χ4n) is 0.908. The molecule has 0 spiro atoms. The van der Waals surface area contributed by atoms with E-state index in [-0.39, 0.29) is 0 Å². The van der Waals surface area contributed by atoms with E-state index in [1.807, 2.05) is 0 Å². The quantitative estimate of drug-likeness (QED) is 0.506. The van der Waals surface area contributed by atoms with Gasteiger partial charge < -0.3 is 15.7 Å². The first-order valence-corrected chi connectivity index (χ1v) is 2.92. The van der Waals surface area contributed by atoms with Gasteiger partial charge in [0.05, 0.1) is 0 Å². The summed E-state index contributed by atoms with van der Waals surface area (Å²) in [6.07, 6.45) is 0.512. The van der Waals surface area contributed by atoms with E-state index in [2.05, 4.69) is 0 Å². The molecule has 0 radical (unpaired) electrons. The maximum absolute atomic E-state index is 10.4. The van der Waals surface area contributed by atoms with Crippen molar-refractivity contribution in [1.82, 2.24) is 4.90 Å². The lowest BCUT2D eigenvalue weighted by Crippen LogP contribution is -2.56. The maximum Gasteiger partial charge on any atom is 0.326 e. The molecule has 0 aromatic carbocycles. The van der Waals surface area contributed by atoms with Crippen LogP contribution in [0.5, 0.6) is 0 Å². The molecule has 1 unspecified atom stereocenters. The van der Waals surface area contributed by atoms with Gasteiger partial charge in [-0.25, -0.2) is 9.59 Å². The van der Waals surface area contributed by atoms with Gasteiger partial charge in [0.25, 0.3) is 0 Å². The molecule has 2 amide bonds. The lowest BCUT2D eigenvalue weighted by Gasteiger charge is -2.36. The monoisotopic (exact) mass is 144 g/mol. The smallest absolute Gasteiger partial charge is 0.326 e. The molecule has 1 fully saturated rings. The number of nitrogens with zero attached hydrogens (tertiary/aromatic N) is 1. The van der Waals surface area contributed by atoms with E-state index in [9.17, 15) is 9.59 Å². The summed E-state index contributed by atoms with van der Waals surface area (Å²) in [5, 5.41) is 8.40. The number of carbonyl (C=O) groups excluding carboxylic acids is 1. The van der Waals surface area contributed by atoms with Crippen LogP contribution < -0.4 is 5.73 Å². The summed E-state index contributed by atoms with van der Waals surface area (Å²) < 4.78 is 0. The van der Waals surface area contributed by atoms with E-state index in [0.717, 1.165) is 4.90 Å². The molecule has 10 heavy (non-hydrogen) atoms. The molecule has 0 aromatic heterocycles. The third-order valence-corrected chi connectivity index (χ3v) is 1.59. The second-order valence-electron chi connectivity index (χ2n) is 2.17. The number of urea groups is 1. The lowest BCUT2D eigenvalue weighted by atomic mass is 10.1. The van der Waals surface area contributed by atoms with Gasteiger partial charge >= 0.3 is 12.0 Å². The standard InChI is InChI=1S/C5H8N2O3/c6-5(10)7-2-1-3(7)4(8)9/h3H,1-2H2,(H2,6,10)(H,8,9). The highest BCUT2D eigenvalue weighted by Gasteiger charge is 2.36. The lowest BCUT2D eigenvalue weighted by molar-refractivity contribution is -0.145. The van der Waals surface area contributed by atoms with Crippen molar-refractivity contribution in [3.63, 3.8) is 0 Å². The molecule has 0 bridgehead atoms. The van der Waals surface area contributed by atoms with Gasteiger partial charge in [0.1, 0.15) is 6.04 Å². The van der Waals surface area contributed by atoms with Gasteiger partial charge in [0.15, 0.2) is 0 Å². The minimum Gasteiger partial charge on any atom is -0.480 e. The molecule has 0 aliphatic carbocycles. The Morgan fingerprint density at radius 2 is 2.20 bits per heavy atom. The molecule has 1 saturated heterocycles. The van der Waals surface area contributed by atoms with Gasteiger partial charge in [-0.3, -0.25) is 0 Å². The molecule has 1 aliphatic heterocycles. The summed E-state index contributed by atoms with van der Waals surface area (Å²) in [7, 11) is 0. The van der Waals surface area contributed by atoms with Gasteiger partial charge in [-0.2, -0.15) is 0 Å². The van der Waals surface area contributed by atoms with Gasteiger partial charge in [-0.15, -0.1) is 0 Å². The summed E-state index contributed by atoms with van der Waals surface area (Å²) in [5.41, 5.74) is 4.85. The number of primary amides is 1. The normalized spacial score (nSPS) is 23.6. The number of rotatable bonds is 1. The molecular formula is C5H8N2O3. The summed E-state index contributed by atoms with van der Waals surface area (Å²) in [5.74, 6) is -0.981. The van der Waals surface area contributed by atoms with E-state index in [0.29, 0.717) is 13.0 Å². The van der Waals surface area contributed by atoms with Gasteiger partial charge in [0, 0.05) is 6.54 Å². The molecule has 1 heterocycles. The van der Waals surface area contributed by atoms with E-state index in [4.69, 9.17) is 10.8 Å². The molecule has 5 nitrogen and oxygen atoms in total. The maximum atomic E-state index is 10.4. The zero-order chi connectivity index (χ0) is 7.72. The zero-order valence-corrected chi connectivity index (χ0v) is 5.28. The summed E-state index contributed by atoms with van der Waals surface area (Å²) in [6.45, 7) is 0.465. The second-order valence-corrected chi connectivity index (χ2v) is 2.17. The molecule has 0 saturated carbocycles. The van der Waals surface area contributed by atoms with Gasteiger partial charge in [-0.05, 0) is 6.42 Å². The largest absolute Gasteiger partial charge is 0.480 e. The van der Waals surface area contributed by atoms with Crippen molar-refractivity contribution in [1.29, 1.82) is 0 Å². The molecule has 3 N–H and O–H groups in total. The van der Waals surface area contributed by atoms with Crippen molar-refractivity contribution >= 4 is 12.0 Å². The number of hydrogen-bond donors (Lipinski definition) is 2. The van der Waals surface area contributed by atoms with Crippen LogP contribution in [0.3, 0.4) is 0 Å². The highest BCUT2D eigenvalue weighted by atomic mass is 16.4. The SMILES string of the molecule is NC(=O)N1CCC1C(=O)O. The van der Waals surface area contributed by atoms with Gasteiger partial charge in [-0.1, -0.05) is 0 Å². The van der Waals surface area contributed by atoms with Crippen molar-refractivity contribution in [2.45, 2.75) is 12.5 Å². The van der Waals surface area contributed by atoms with Crippen LogP contribution in [0.25, 0.3) is 0 Å². The Bertz CT molecular complexity index is 160. The van der Waals surface area contributed by atoms with E-state index >= 15 is 0 Å².